The molecule has 7 heteroatoms. The quantitative estimate of drug-likeness (QED) is 0.487. The lowest BCUT2D eigenvalue weighted by molar-refractivity contribution is -0.0987. The Morgan fingerprint density at radius 1 is 0.969 bits per heavy atom. The van der Waals surface area contributed by atoms with E-state index >= 15 is 0 Å². The molecule has 0 saturated carbocycles. The third-order valence-corrected chi connectivity index (χ3v) is 3.16. The number of halogens is 3. The van der Waals surface area contributed by atoms with Crippen LogP contribution >= 0.6 is 0 Å². The van der Waals surface area contributed by atoms with E-state index in [4.69, 9.17) is 9.59 Å². The number of nitrogens with one attached hydrogen (secondary N) is 1. The molecule has 0 atom stereocenters. The van der Waals surface area contributed by atoms with Crippen LogP contribution < -0.4 is 0 Å². The van der Waals surface area contributed by atoms with E-state index in [9.17, 15) is 13.2 Å². The van der Waals surface area contributed by atoms with Crippen molar-refractivity contribution in [3.05, 3.63) is 59.4 Å². The van der Waals surface area contributed by atoms with Gasteiger partial charge in [-0.3, -0.25) is 0 Å². The highest BCUT2D eigenvalue weighted by atomic mass is 19.4. The predicted molar refractivity (Wildman–Crippen MR) is 128 cm³/mol. The number of nitrogens with zero attached hydrogens (tertiary/aromatic N) is 1. The first kappa shape index (κ1) is 33.7. The molecule has 0 unspecified atom stereocenters. The number of aromatic amines is 1. The minimum atomic E-state index is -4.43. The molecule has 1 N–H and O–H groups in total. The highest BCUT2D eigenvalue weighted by Crippen LogP contribution is 2.29. The molecular formula is C25H37F3N2O2. The second-order valence-electron chi connectivity index (χ2n) is 7.71. The molecule has 180 valence electrons. The van der Waals surface area contributed by atoms with Gasteiger partial charge in [0.25, 0.3) is 0 Å². The highest BCUT2D eigenvalue weighted by molar-refractivity contribution is 5.64. The summed E-state index contributed by atoms with van der Waals surface area (Å²) in [6.45, 7) is 23.6. The van der Waals surface area contributed by atoms with E-state index < -0.39 is 11.7 Å². The summed E-state index contributed by atoms with van der Waals surface area (Å²) in [6.07, 6.45) is -2.64. The zero-order valence-corrected chi connectivity index (χ0v) is 20.5. The topological polar surface area (TPSA) is 62.8 Å². The Kier molecular flexibility index (Phi) is 17.6. The summed E-state index contributed by atoms with van der Waals surface area (Å²) < 4.78 is 38.3. The normalized spacial score (nSPS) is 10.5. The third-order valence-electron chi connectivity index (χ3n) is 3.16. The van der Waals surface area contributed by atoms with E-state index in [1.807, 2.05) is 58.6 Å². The molecule has 0 radical (unpaired) electrons. The van der Waals surface area contributed by atoms with Gasteiger partial charge in [-0.1, -0.05) is 78.5 Å². The number of carbonyl (C=O) groups is 2. The number of H-pyrrole nitrogens is 1. The van der Waals surface area contributed by atoms with Gasteiger partial charge in [0, 0.05) is 11.3 Å². The van der Waals surface area contributed by atoms with Gasteiger partial charge in [-0.15, -0.1) is 0 Å². The standard InChI is InChI=1S/C16H15F3N2.C5H12.C2H6.2CH2O/c1-4-12(16(17,18)19)9-14-11(3)20-15(21-14)13-8-6-5-7-10(13)2;1-5(2,3)4;3*1-2/h4-9H,1H2,2-3H3,(H,20,21);1-4H3;1-2H3;2*1H2/b12-9+;;;;. The summed E-state index contributed by atoms with van der Waals surface area (Å²) in [5, 5.41) is 0. The number of rotatable bonds is 3. The van der Waals surface area contributed by atoms with E-state index in [-0.39, 0.29) is 5.69 Å². The molecule has 0 aliphatic heterocycles. The maximum absolute atomic E-state index is 12.8. The van der Waals surface area contributed by atoms with Crippen LogP contribution in [0.2, 0.25) is 0 Å². The fourth-order valence-electron chi connectivity index (χ4n) is 1.98. The second-order valence-corrected chi connectivity index (χ2v) is 7.71. The van der Waals surface area contributed by atoms with E-state index in [1.165, 1.54) is 0 Å². The van der Waals surface area contributed by atoms with Crippen LogP contribution in [-0.4, -0.2) is 29.7 Å². The van der Waals surface area contributed by atoms with Crippen molar-refractivity contribution in [2.75, 3.05) is 0 Å². The number of imidazole rings is 1. The monoisotopic (exact) mass is 454 g/mol. The third kappa shape index (κ3) is 14.1. The van der Waals surface area contributed by atoms with E-state index in [0.717, 1.165) is 23.3 Å². The molecule has 2 rings (SSSR count). The van der Waals surface area contributed by atoms with Crippen LogP contribution in [0.25, 0.3) is 17.5 Å². The number of hydrogen-bond donors (Lipinski definition) is 1. The van der Waals surface area contributed by atoms with Crippen LogP contribution in [0.3, 0.4) is 0 Å². The molecule has 0 spiro atoms. The molecule has 1 aromatic carbocycles. The Balaban J connectivity index is -0.000000652. The minimum absolute atomic E-state index is 0.264. The minimum Gasteiger partial charge on any atom is -0.342 e. The van der Waals surface area contributed by atoms with E-state index in [1.54, 1.807) is 6.92 Å². The maximum atomic E-state index is 12.8. The van der Waals surface area contributed by atoms with Gasteiger partial charge in [0.15, 0.2) is 0 Å². The van der Waals surface area contributed by atoms with Gasteiger partial charge in [-0.05, 0) is 30.9 Å². The molecule has 0 amide bonds. The summed E-state index contributed by atoms with van der Waals surface area (Å²) in [4.78, 5) is 23.3. The SMILES string of the molecule is C=C/C(=C\c1nc(-c2ccccc2C)[nH]c1C)C(F)(F)F.C=O.C=O.CC.CC(C)(C)C. The molecule has 0 aliphatic rings. The highest BCUT2D eigenvalue weighted by Gasteiger charge is 2.31. The van der Waals surface area contributed by atoms with Crippen LogP contribution in [0.4, 0.5) is 13.2 Å². The van der Waals surface area contributed by atoms with Gasteiger partial charge in [-0.25, -0.2) is 4.98 Å². The number of aryl methyl sites for hydroxylation is 2. The van der Waals surface area contributed by atoms with Crippen LogP contribution in [0, 0.1) is 19.3 Å². The van der Waals surface area contributed by atoms with Gasteiger partial charge >= 0.3 is 6.18 Å². The Morgan fingerprint density at radius 2 is 1.41 bits per heavy atom. The maximum Gasteiger partial charge on any atom is 0.416 e. The van der Waals surface area contributed by atoms with Gasteiger partial charge in [0.2, 0.25) is 0 Å². The number of carbonyl (C=O) groups excluding carboxylic acids is 2. The number of benzene rings is 1. The molecule has 1 heterocycles. The van der Waals surface area contributed by atoms with Crippen molar-refractivity contribution < 1.29 is 22.8 Å². The molecule has 0 fully saturated rings. The van der Waals surface area contributed by atoms with Gasteiger partial charge in [0.05, 0.1) is 11.3 Å². The van der Waals surface area contributed by atoms with Crippen molar-refractivity contribution in [2.24, 2.45) is 5.41 Å². The van der Waals surface area contributed by atoms with Crippen molar-refractivity contribution >= 4 is 19.7 Å². The molecule has 32 heavy (non-hydrogen) atoms. The first-order valence-corrected chi connectivity index (χ1v) is 9.94. The molecule has 2 aromatic rings. The first-order valence-electron chi connectivity index (χ1n) is 9.94. The second kappa shape index (κ2) is 16.7. The van der Waals surface area contributed by atoms with Crippen LogP contribution in [0.5, 0.6) is 0 Å². The summed E-state index contributed by atoms with van der Waals surface area (Å²) in [6, 6.07) is 7.56. The lowest BCUT2D eigenvalue weighted by Gasteiger charge is -2.06. The zero-order chi connectivity index (χ0) is 26.1. The Morgan fingerprint density at radius 3 is 1.78 bits per heavy atom. The number of allylic oxidation sites excluding steroid dienone is 2. The van der Waals surface area contributed by atoms with Crippen LogP contribution in [0.1, 0.15) is 58.5 Å². The first-order chi connectivity index (χ1) is 14.8. The van der Waals surface area contributed by atoms with Crippen LogP contribution in [-0.2, 0) is 9.59 Å². The fraction of sp³-hybridized carbons (Fsp3) is 0.400. The molecule has 1 aromatic heterocycles. The number of alkyl halides is 3. The Labute approximate surface area is 190 Å². The molecular weight excluding hydrogens is 417 g/mol. The van der Waals surface area contributed by atoms with Crippen molar-refractivity contribution in [1.82, 2.24) is 9.97 Å². The Bertz CT molecular complexity index is 809. The summed E-state index contributed by atoms with van der Waals surface area (Å²) in [7, 11) is 0. The zero-order valence-electron chi connectivity index (χ0n) is 20.5. The van der Waals surface area contributed by atoms with Crippen molar-refractivity contribution in [3.63, 3.8) is 0 Å². The molecule has 0 aliphatic carbocycles. The van der Waals surface area contributed by atoms with Gasteiger partial charge < -0.3 is 14.6 Å². The van der Waals surface area contributed by atoms with Crippen LogP contribution in [0.15, 0.2) is 42.5 Å². The lowest BCUT2D eigenvalue weighted by atomic mass is 10.0. The van der Waals surface area contributed by atoms with Crippen molar-refractivity contribution in [2.45, 2.75) is 61.6 Å². The number of hydrogen-bond acceptors (Lipinski definition) is 3. The molecule has 0 bridgehead atoms. The van der Waals surface area contributed by atoms with Crippen molar-refractivity contribution in [1.29, 1.82) is 0 Å². The van der Waals surface area contributed by atoms with Crippen molar-refractivity contribution in [3.8, 4) is 11.4 Å². The smallest absolute Gasteiger partial charge is 0.342 e. The predicted octanol–water partition coefficient (Wildman–Crippen LogP) is 7.53. The fourth-order valence-corrected chi connectivity index (χ4v) is 1.98. The summed E-state index contributed by atoms with van der Waals surface area (Å²) in [5.74, 6) is 0.558. The van der Waals surface area contributed by atoms with Gasteiger partial charge in [0.1, 0.15) is 19.4 Å². The van der Waals surface area contributed by atoms with Gasteiger partial charge in [-0.2, -0.15) is 13.2 Å². The lowest BCUT2D eigenvalue weighted by Crippen LogP contribution is -2.09. The molecule has 0 saturated heterocycles. The largest absolute Gasteiger partial charge is 0.416 e. The molecule has 4 nitrogen and oxygen atoms in total. The average Bonchev–Trinajstić information content (AvgIpc) is 3.09. The van der Waals surface area contributed by atoms with E-state index in [2.05, 4.69) is 44.2 Å². The van der Waals surface area contributed by atoms with E-state index in [0.29, 0.717) is 16.9 Å². The Hall–Kier alpha value is -2.96. The number of aromatic nitrogens is 2. The average molecular weight is 455 g/mol. The summed E-state index contributed by atoms with van der Waals surface area (Å²) >= 11 is 0. The summed E-state index contributed by atoms with van der Waals surface area (Å²) in [5.41, 5.74) is 2.40.